The number of rotatable bonds is 7. The highest BCUT2D eigenvalue weighted by Crippen LogP contribution is 2.31. The number of carbonyl (C=O) groups is 2. The maximum Gasteiger partial charge on any atom is 0.309 e. The van der Waals surface area contributed by atoms with Crippen LogP contribution in [0.25, 0.3) is 0 Å². The van der Waals surface area contributed by atoms with Gasteiger partial charge in [0.1, 0.15) is 5.25 Å². The summed E-state index contributed by atoms with van der Waals surface area (Å²) in [5.74, 6) is -1.78. The maximum absolute atomic E-state index is 13.1. The molecule has 0 aliphatic carbocycles. The summed E-state index contributed by atoms with van der Waals surface area (Å²) >= 11 is 7.11. The Morgan fingerprint density at radius 2 is 1.73 bits per heavy atom. The lowest BCUT2D eigenvalue weighted by Crippen LogP contribution is -2.42. The van der Waals surface area contributed by atoms with Gasteiger partial charge >= 0.3 is 11.8 Å². The van der Waals surface area contributed by atoms with Crippen LogP contribution in [0.5, 0.6) is 0 Å². The summed E-state index contributed by atoms with van der Waals surface area (Å²) < 4.78 is 26.3. The van der Waals surface area contributed by atoms with Gasteiger partial charge in [-0.1, -0.05) is 23.7 Å². The molecule has 1 atom stereocenters. The molecule has 3 rings (SSSR count). The van der Waals surface area contributed by atoms with Gasteiger partial charge in [0.15, 0.2) is 9.84 Å². The summed E-state index contributed by atoms with van der Waals surface area (Å²) in [5, 5.41) is 6.01. The van der Waals surface area contributed by atoms with Crippen LogP contribution in [0.3, 0.4) is 0 Å². The predicted octanol–water partition coefficient (Wildman–Crippen LogP) is 2.74. The van der Waals surface area contributed by atoms with Crippen molar-refractivity contribution < 1.29 is 18.0 Å². The van der Waals surface area contributed by atoms with Gasteiger partial charge in [-0.2, -0.15) is 0 Å². The fourth-order valence-corrected chi connectivity index (χ4v) is 5.56. The number of sulfone groups is 1. The minimum atomic E-state index is -3.82. The molecule has 7 nitrogen and oxygen atoms in total. The molecule has 0 spiro atoms. The van der Waals surface area contributed by atoms with Gasteiger partial charge in [-0.25, -0.2) is 8.42 Å². The lowest BCUT2D eigenvalue weighted by Gasteiger charge is -2.17. The third kappa shape index (κ3) is 5.44. The van der Waals surface area contributed by atoms with E-state index >= 15 is 0 Å². The quantitative estimate of drug-likeness (QED) is 0.524. The zero-order valence-corrected chi connectivity index (χ0v) is 18.0. The number of benzene rings is 1. The first kappa shape index (κ1) is 21.9. The molecule has 0 saturated carbocycles. The third-order valence-electron chi connectivity index (χ3n) is 4.19. The predicted molar refractivity (Wildman–Crippen MR) is 115 cm³/mol. The molecule has 0 aliphatic heterocycles. The van der Waals surface area contributed by atoms with E-state index in [-0.39, 0.29) is 18.0 Å². The Bertz CT molecular complexity index is 1100. The first-order valence-corrected chi connectivity index (χ1v) is 11.7. The minimum Gasteiger partial charge on any atom is -0.346 e. The molecule has 0 aliphatic rings. The SMILES string of the molecule is O=C(NCc1ccccn1)C(=O)NC[C@@H](c1cccs1)S(=O)(=O)c1ccc(Cl)cc1. The highest BCUT2D eigenvalue weighted by atomic mass is 35.5. The smallest absolute Gasteiger partial charge is 0.309 e. The van der Waals surface area contributed by atoms with Gasteiger partial charge < -0.3 is 10.6 Å². The number of pyridine rings is 1. The summed E-state index contributed by atoms with van der Waals surface area (Å²) in [5.41, 5.74) is 0.598. The number of amides is 2. The Morgan fingerprint density at radius 1 is 1.00 bits per heavy atom. The van der Waals surface area contributed by atoms with E-state index in [2.05, 4.69) is 15.6 Å². The maximum atomic E-state index is 13.1. The summed E-state index contributed by atoms with van der Waals surface area (Å²) in [7, 11) is -3.82. The number of aromatic nitrogens is 1. The Balaban J connectivity index is 1.69. The number of nitrogens with one attached hydrogen (secondary N) is 2. The van der Waals surface area contributed by atoms with Crippen LogP contribution in [0.2, 0.25) is 5.02 Å². The molecule has 0 fully saturated rings. The average molecular weight is 464 g/mol. The fourth-order valence-electron chi connectivity index (χ4n) is 2.65. The van der Waals surface area contributed by atoms with Crippen molar-refractivity contribution in [2.75, 3.05) is 6.54 Å². The van der Waals surface area contributed by atoms with E-state index in [1.54, 1.807) is 41.9 Å². The monoisotopic (exact) mass is 463 g/mol. The molecule has 0 radical (unpaired) electrons. The number of hydrogen-bond acceptors (Lipinski definition) is 6. The van der Waals surface area contributed by atoms with E-state index in [1.807, 2.05) is 0 Å². The van der Waals surface area contributed by atoms with Crippen molar-refractivity contribution >= 4 is 44.6 Å². The topological polar surface area (TPSA) is 105 Å². The molecule has 2 aromatic heterocycles. The van der Waals surface area contributed by atoms with Crippen molar-refractivity contribution in [1.82, 2.24) is 15.6 Å². The van der Waals surface area contributed by atoms with E-state index in [9.17, 15) is 18.0 Å². The van der Waals surface area contributed by atoms with Gasteiger partial charge in [0.25, 0.3) is 0 Å². The van der Waals surface area contributed by atoms with Gasteiger partial charge in [0.2, 0.25) is 0 Å². The summed E-state index contributed by atoms with van der Waals surface area (Å²) in [6, 6.07) is 14.4. The molecule has 0 unspecified atom stereocenters. The molecule has 156 valence electrons. The number of hydrogen-bond donors (Lipinski definition) is 2. The number of thiophene rings is 1. The summed E-state index contributed by atoms with van der Waals surface area (Å²) in [4.78, 5) is 28.9. The van der Waals surface area contributed by atoms with Crippen LogP contribution < -0.4 is 10.6 Å². The first-order valence-electron chi connectivity index (χ1n) is 8.86. The van der Waals surface area contributed by atoms with Gasteiger partial charge in [0, 0.05) is 22.6 Å². The molecule has 30 heavy (non-hydrogen) atoms. The highest BCUT2D eigenvalue weighted by Gasteiger charge is 2.31. The Labute approximate surface area is 183 Å². The summed E-state index contributed by atoms with van der Waals surface area (Å²) in [6.45, 7) is -0.161. The van der Waals surface area contributed by atoms with E-state index in [0.29, 0.717) is 15.6 Å². The van der Waals surface area contributed by atoms with Crippen molar-refractivity contribution in [3.63, 3.8) is 0 Å². The van der Waals surface area contributed by atoms with Crippen LogP contribution in [0.4, 0.5) is 0 Å². The van der Waals surface area contributed by atoms with Gasteiger partial charge in [-0.05, 0) is 47.8 Å². The lowest BCUT2D eigenvalue weighted by atomic mass is 10.3. The van der Waals surface area contributed by atoms with Crippen molar-refractivity contribution in [1.29, 1.82) is 0 Å². The van der Waals surface area contributed by atoms with E-state index in [0.717, 1.165) is 0 Å². The second-order valence-corrected chi connectivity index (χ2v) is 9.76. The summed E-state index contributed by atoms with van der Waals surface area (Å²) in [6.07, 6.45) is 1.58. The van der Waals surface area contributed by atoms with Crippen molar-refractivity contribution in [2.45, 2.75) is 16.7 Å². The molecule has 2 amide bonds. The normalized spacial score (nSPS) is 12.2. The second-order valence-electron chi connectivity index (χ2n) is 6.22. The number of carbonyl (C=O) groups excluding carboxylic acids is 2. The molecule has 0 bridgehead atoms. The van der Waals surface area contributed by atoms with Crippen molar-refractivity contribution in [3.05, 3.63) is 81.8 Å². The standard InChI is InChI=1S/C20H18ClN3O4S2/c21-14-6-8-16(9-7-14)30(27,28)18(17-5-3-11-29-17)13-24-20(26)19(25)23-12-15-4-1-2-10-22-15/h1-11,18H,12-13H2,(H,23,25)(H,24,26)/t18-/m0/s1. The van der Waals surface area contributed by atoms with E-state index < -0.39 is 26.9 Å². The molecule has 1 aromatic carbocycles. The molecular formula is C20H18ClN3O4S2. The van der Waals surface area contributed by atoms with Crippen molar-refractivity contribution in [2.24, 2.45) is 0 Å². The second kappa shape index (κ2) is 9.84. The highest BCUT2D eigenvalue weighted by molar-refractivity contribution is 7.91. The Hall–Kier alpha value is -2.75. The Kier molecular flexibility index (Phi) is 7.20. The van der Waals surface area contributed by atoms with Crippen LogP contribution in [-0.2, 0) is 26.0 Å². The Morgan fingerprint density at radius 3 is 2.37 bits per heavy atom. The van der Waals surface area contributed by atoms with Gasteiger partial charge in [0.05, 0.1) is 17.1 Å². The van der Waals surface area contributed by atoms with Crippen LogP contribution in [0, 0.1) is 0 Å². The zero-order valence-electron chi connectivity index (χ0n) is 15.6. The molecule has 3 aromatic rings. The minimum absolute atomic E-state index is 0.0825. The molecule has 2 heterocycles. The van der Waals surface area contributed by atoms with Crippen molar-refractivity contribution in [3.8, 4) is 0 Å². The van der Waals surface area contributed by atoms with E-state index in [1.165, 1.54) is 35.6 Å². The van der Waals surface area contributed by atoms with Crippen LogP contribution in [0.1, 0.15) is 15.8 Å². The largest absolute Gasteiger partial charge is 0.346 e. The fraction of sp³-hybridized carbons (Fsp3) is 0.150. The molecule has 10 heteroatoms. The molecule has 0 saturated heterocycles. The average Bonchev–Trinajstić information content (AvgIpc) is 3.27. The molecular weight excluding hydrogens is 446 g/mol. The van der Waals surface area contributed by atoms with Crippen LogP contribution >= 0.6 is 22.9 Å². The number of halogens is 1. The first-order chi connectivity index (χ1) is 14.4. The zero-order chi connectivity index (χ0) is 21.6. The van der Waals surface area contributed by atoms with E-state index in [4.69, 9.17) is 11.6 Å². The molecule has 2 N–H and O–H groups in total. The number of nitrogens with zero attached hydrogens (tertiary/aromatic N) is 1. The third-order valence-corrected chi connectivity index (χ3v) is 7.67. The lowest BCUT2D eigenvalue weighted by molar-refractivity contribution is -0.139. The van der Waals surface area contributed by atoms with Gasteiger partial charge in [-0.3, -0.25) is 14.6 Å². The van der Waals surface area contributed by atoms with Crippen LogP contribution in [-0.4, -0.2) is 31.8 Å². The van der Waals surface area contributed by atoms with Gasteiger partial charge in [-0.15, -0.1) is 11.3 Å². The van der Waals surface area contributed by atoms with Crippen LogP contribution in [0.15, 0.2) is 71.1 Å².